The van der Waals surface area contributed by atoms with Crippen molar-refractivity contribution in [2.24, 2.45) is 0 Å². The van der Waals surface area contributed by atoms with Gasteiger partial charge in [-0.3, -0.25) is 0 Å². The fourth-order valence-corrected chi connectivity index (χ4v) is 2.96. The molecule has 9 heteroatoms. The van der Waals surface area contributed by atoms with Crippen molar-refractivity contribution < 1.29 is 23.7 Å². The molecule has 0 radical (unpaired) electrons. The van der Waals surface area contributed by atoms with Crippen LogP contribution >= 0.6 is 0 Å². The number of anilines is 1. The second-order valence-electron chi connectivity index (χ2n) is 5.48. The Balaban J connectivity index is 2.26. The number of fused-ring (bicyclic) bond motifs is 1. The fourth-order valence-electron chi connectivity index (χ4n) is 2.96. The van der Waals surface area contributed by atoms with Crippen LogP contribution in [0.5, 0.6) is 11.5 Å². The number of benzene rings is 1. The second-order valence-corrected chi connectivity index (χ2v) is 5.48. The first-order valence-corrected chi connectivity index (χ1v) is 7.83. The maximum atomic E-state index is 12.6. The van der Waals surface area contributed by atoms with Crippen molar-refractivity contribution in [3.8, 4) is 11.5 Å². The minimum Gasteiger partial charge on any atom is -0.497 e. The van der Waals surface area contributed by atoms with Crippen molar-refractivity contribution in [1.82, 2.24) is 14.8 Å². The van der Waals surface area contributed by atoms with Crippen molar-refractivity contribution in [2.75, 3.05) is 40.4 Å². The summed E-state index contributed by atoms with van der Waals surface area (Å²) in [6.07, 6.45) is 1.41. The van der Waals surface area contributed by atoms with Gasteiger partial charge in [-0.05, 0) is 18.2 Å². The Morgan fingerprint density at radius 3 is 2.69 bits per heavy atom. The molecule has 0 bridgehead atoms. The highest BCUT2D eigenvalue weighted by molar-refractivity contribution is 5.92. The van der Waals surface area contributed by atoms with Gasteiger partial charge in [0, 0.05) is 12.7 Å². The molecule has 1 atom stereocenters. The summed E-state index contributed by atoms with van der Waals surface area (Å²) in [6.45, 7) is 0.181. The summed E-state index contributed by atoms with van der Waals surface area (Å²) in [6, 6.07) is 4.74. The molecule has 1 aromatic heterocycles. The van der Waals surface area contributed by atoms with Gasteiger partial charge in [-0.25, -0.2) is 9.48 Å². The van der Waals surface area contributed by atoms with Gasteiger partial charge >= 0.3 is 5.97 Å². The van der Waals surface area contributed by atoms with Crippen molar-refractivity contribution in [3.05, 3.63) is 41.4 Å². The number of rotatable bonds is 6. The number of nitrogens with one attached hydrogen (secondary N) is 1. The third-order valence-corrected chi connectivity index (χ3v) is 4.10. The van der Waals surface area contributed by atoms with Crippen LogP contribution in [-0.2, 0) is 14.3 Å². The fraction of sp³-hybridized carbons (Fsp3) is 0.353. The molecular formula is C17H20N4O5. The maximum absolute atomic E-state index is 12.6. The number of aromatic nitrogens is 3. The molecule has 0 unspecified atom stereocenters. The number of esters is 1. The maximum Gasteiger partial charge on any atom is 0.338 e. The zero-order valence-corrected chi connectivity index (χ0v) is 15.0. The minimum atomic E-state index is -0.614. The quantitative estimate of drug-likeness (QED) is 0.772. The lowest BCUT2D eigenvalue weighted by Gasteiger charge is -2.29. The Hall–Kier alpha value is -3.07. The molecule has 26 heavy (non-hydrogen) atoms. The van der Waals surface area contributed by atoms with Gasteiger partial charge in [0.15, 0.2) is 0 Å². The molecule has 2 heterocycles. The third kappa shape index (κ3) is 2.97. The number of ether oxygens (including phenoxy) is 4. The molecule has 3 rings (SSSR count). The lowest BCUT2D eigenvalue weighted by Crippen LogP contribution is -2.31. The van der Waals surface area contributed by atoms with E-state index in [1.165, 1.54) is 13.4 Å². The van der Waals surface area contributed by atoms with Crippen LogP contribution < -0.4 is 14.8 Å². The molecule has 0 spiro atoms. The smallest absolute Gasteiger partial charge is 0.338 e. The molecule has 0 fully saturated rings. The van der Waals surface area contributed by atoms with Gasteiger partial charge in [0.2, 0.25) is 5.95 Å². The highest BCUT2D eigenvalue weighted by atomic mass is 16.5. The zero-order chi connectivity index (χ0) is 18.7. The number of hydrogen-bond acceptors (Lipinski definition) is 8. The van der Waals surface area contributed by atoms with Crippen LogP contribution in [0.1, 0.15) is 11.6 Å². The van der Waals surface area contributed by atoms with Gasteiger partial charge in [-0.1, -0.05) is 0 Å². The van der Waals surface area contributed by atoms with Crippen LogP contribution in [0.15, 0.2) is 35.8 Å². The monoisotopic (exact) mass is 360 g/mol. The molecule has 1 aliphatic rings. The average Bonchev–Trinajstić information content (AvgIpc) is 3.14. The minimum absolute atomic E-state index is 0.181. The number of carbonyl (C=O) groups excluding carboxylic acids is 1. The van der Waals surface area contributed by atoms with Crippen LogP contribution in [0.25, 0.3) is 0 Å². The van der Waals surface area contributed by atoms with E-state index in [1.807, 2.05) is 0 Å². The lowest BCUT2D eigenvalue weighted by molar-refractivity contribution is -0.136. The highest BCUT2D eigenvalue weighted by Crippen LogP contribution is 2.40. The molecule has 9 nitrogen and oxygen atoms in total. The largest absolute Gasteiger partial charge is 0.497 e. The molecule has 138 valence electrons. The summed E-state index contributed by atoms with van der Waals surface area (Å²) in [7, 11) is 6.01. The van der Waals surface area contributed by atoms with Gasteiger partial charge in [0.25, 0.3) is 0 Å². The van der Waals surface area contributed by atoms with E-state index >= 15 is 0 Å². The number of methoxy groups -OCH3 is 4. The Bertz CT molecular complexity index is 845. The molecule has 0 saturated carbocycles. The molecule has 1 aromatic carbocycles. The SMILES string of the molecule is COCC1=C(C(=O)OC)[C@@H](c2cc(OC)ccc2OC)n2ncnc2N1. The van der Waals surface area contributed by atoms with E-state index in [0.29, 0.717) is 34.3 Å². The van der Waals surface area contributed by atoms with Crippen molar-refractivity contribution in [3.63, 3.8) is 0 Å². The van der Waals surface area contributed by atoms with E-state index in [9.17, 15) is 4.79 Å². The molecule has 0 saturated heterocycles. The number of hydrogen-bond donors (Lipinski definition) is 1. The predicted molar refractivity (Wildman–Crippen MR) is 92.2 cm³/mol. The van der Waals surface area contributed by atoms with Gasteiger partial charge in [0.1, 0.15) is 23.9 Å². The molecular weight excluding hydrogens is 340 g/mol. The summed E-state index contributed by atoms with van der Waals surface area (Å²) < 4.78 is 22.7. The van der Waals surface area contributed by atoms with Crippen LogP contribution in [0, 0.1) is 0 Å². The van der Waals surface area contributed by atoms with Crippen molar-refractivity contribution >= 4 is 11.9 Å². The average molecular weight is 360 g/mol. The Labute approximate surface area is 150 Å². The molecule has 1 N–H and O–H groups in total. The Morgan fingerprint density at radius 1 is 1.23 bits per heavy atom. The summed E-state index contributed by atoms with van der Waals surface area (Å²) in [5, 5.41) is 7.35. The Kier molecular flexibility index (Phi) is 5.08. The normalized spacial score (nSPS) is 15.9. The van der Waals surface area contributed by atoms with E-state index < -0.39 is 12.0 Å². The van der Waals surface area contributed by atoms with Gasteiger partial charge in [0.05, 0.1) is 39.2 Å². The van der Waals surface area contributed by atoms with E-state index in [-0.39, 0.29) is 6.61 Å². The summed E-state index contributed by atoms with van der Waals surface area (Å²) in [5.74, 6) is 1.19. The molecule has 2 aromatic rings. The first kappa shape index (κ1) is 17.7. The van der Waals surface area contributed by atoms with Crippen LogP contribution in [0.4, 0.5) is 5.95 Å². The Morgan fingerprint density at radius 2 is 2.04 bits per heavy atom. The standard InChI is InChI=1S/C17H20N4O5/c1-23-8-12-14(16(22)26-4)15(21-17(20-12)18-9-19-21)11-7-10(24-2)5-6-13(11)25-3/h5-7,9,15H,8H2,1-4H3,(H,18,19,20)/t15-/m1/s1. The third-order valence-electron chi connectivity index (χ3n) is 4.10. The molecule has 0 amide bonds. The van der Waals surface area contributed by atoms with Crippen LogP contribution in [0.3, 0.4) is 0 Å². The molecule has 0 aliphatic carbocycles. The van der Waals surface area contributed by atoms with E-state index in [1.54, 1.807) is 44.2 Å². The van der Waals surface area contributed by atoms with Crippen molar-refractivity contribution in [2.45, 2.75) is 6.04 Å². The van der Waals surface area contributed by atoms with Gasteiger partial charge < -0.3 is 24.3 Å². The highest BCUT2D eigenvalue weighted by Gasteiger charge is 2.37. The zero-order valence-electron chi connectivity index (χ0n) is 15.0. The first-order chi connectivity index (χ1) is 12.6. The summed E-state index contributed by atoms with van der Waals surface area (Å²) >= 11 is 0. The van der Waals surface area contributed by atoms with E-state index in [0.717, 1.165) is 0 Å². The first-order valence-electron chi connectivity index (χ1n) is 7.83. The van der Waals surface area contributed by atoms with E-state index in [2.05, 4.69) is 15.4 Å². The van der Waals surface area contributed by atoms with Gasteiger partial charge in [-0.15, -0.1) is 0 Å². The van der Waals surface area contributed by atoms with Crippen LogP contribution in [0.2, 0.25) is 0 Å². The summed E-state index contributed by atoms with van der Waals surface area (Å²) in [4.78, 5) is 16.8. The van der Waals surface area contributed by atoms with Crippen LogP contribution in [-0.4, -0.2) is 55.8 Å². The molecule has 1 aliphatic heterocycles. The number of carbonyl (C=O) groups is 1. The topological polar surface area (TPSA) is 96.7 Å². The van der Waals surface area contributed by atoms with E-state index in [4.69, 9.17) is 18.9 Å². The predicted octanol–water partition coefficient (Wildman–Crippen LogP) is 1.38. The summed E-state index contributed by atoms with van der Waals surface area (Å²) in [5.41, 5.74) is 1.60. The lowest BCUT2D eigenvalue weighted by atomic mass is 9.94. The van der Waals surface area contributed by atoms with Crippen molar-refractivity contribution in [1.29, 1.82) is 0 Å². The number of nitrogens with zero attached hydrogens (tertiary/aromatic N) is 3. The van der Waals surface area contributed by atoms with Gasteiger partial charge in [-0.2, -0.15) is 10.1 Å². The second kappa shape index (κ2) is 7.44.